The highest BCUT2D eigenvalue weighted by atomic mass is 35.5. The third-order valence-electron chi connectivity index (χ3n) is 7.27. The summed E-state index contributed by atoms with van der Waals surface area (Å²) in [6.45, 7) is 5.63. The van der Waals surface area contributed by atoms with Crippen molar-refractivity contribution in [2.75, 3.05) is 31.6 Å². The van der Waals surface area contributed by atoms with Crippen LogP contribution >= 0.6 is 11.6 Å². The molecule has 5 heterocycles. The zero-order valence-corrected chi connectivity index (χ0v) is 22.0. The molecule has 6 rings (SSSR count). The molecule has 0 radical (unpaired) electrons. The standard InChI is InChI=1S/C27H30ClN7O3/c1-16-31-24(34-38-16)18-4-5-21(23(28)12-18)22-11-19-14-30-27(32-20-6-9-37-10-7-20)33-25(19)35(26(22)36)15-17-3-2-8-29-13-17/h4-5,11-12,14,17,20,29H,2-3,6-10,13,15H2,1H3,(H,30,32,33). The minimum Gasteiger partial charge on any atom is -0.381 e. The molecule has 3 aromatic heterocycles. The highest BCUT2D eigenvalue weighted by Gasteiger charge is 2.21. The Morgan fingerprint density at radius 1 is 1.16 bits per heavy atom. The normalized spacial score (nSPS) is 18.6. The molecule has 1 aromatic carbocycles. The molecule has 198 valence electrons. The monoisotopic (exact) mass is 535 g/mol. The van der Waals surface area contributed by atoms with E-state index in [1.165, 1.54) is 0 Å². The second kappa shape index (κ2) is 10.8. The number of ether oxygens (including phenoxy) is 1. The predicted molar refractivity (Wildman–Crippen MR) is 145 cm³/mol. The van der Waals surface area contributed by atoms with E-state index in [1.54, 1.807) is 23.8 Å². The number of hydrogen-bond donors (Lipinski definition) is 2. The first-order chi connectivity index (χ1) is 18.5. The molecule has 2 aliphatic rings. The number of pyridine rings is 1. The minimum atomic E-state index is -0.121. The molecule has 0 saturated carbocycles. The molecule has 1 unspecified atom stereocenters. The van der Waals surface area contributed by atoms with Gasteiger partial charge in [0, 0.05) is 66.0 Å². The number of nitrogens with zero attached hydrogens (tertiary/aromatic N) is 5. The second-order valence-electron chi connectivity index (χ2n) is 10.0. The van der Waals surface area contributed by atoms with Crippen LogP contribution in [0.15, 0.2) is 39.8 Å². The van der Waals surface area contributed by atoms with Crippen molar-refractivity contribution in [2.24, 2.45) is 5.92 Å². The van der Waals surface area contributed by atoms with Gasteiger partial charge >= 0.3 is 0 Å². The van der Waals surface area contributed by atoms with Crippen molar-refractivity contribution >= 4 is 28.6 Å². The van der Waals surface area contributed by atoms with Gasteiger partial charge in [0.25, 0.3) is 5.56 Å². The van der Waals surface area contributed by atoms with Gasteiger partial charge in [-0.2, -0.15) is 9.97 Å². The van der Waals surface area contributed by atoms with Gasteiger partial charge in [0.05, 0.1) is 0 Å². The maximum Gasteiger partial charge on any atom is 0.260 e. The SMILES string of the molecule is Cc1nc(-c2ccc(-c3cc4cnc(NC5CCOCC5)nc4n(CC4CCCNC4)c3=O)c(Cl)c2)no1. The molecule has 0 amide bonds. The molecule has 1 atom stereocenters. The Morgan fingerprint density at radius 3 is 2.76 bits per heavy atom. The van der Waals surface area contributed by atoms with E-state index >= 15 is 0 Å². The number of nitrogens with one attached hydrogen (secondary N) is 2. The van der Waals surface area contributed by atoms with Gasteiger partial charge < -0.3 is 19.9 Å². The lowest BCUT2D eigenvalue weighted by molar-refractivity contribution is 0.0903. The fourth-order valence-electron chi connectivity index (χ4n) is 5.24. The van der Waals surface area contributed by atoms with Crippen LogP contribution in [0.5, 0.6) is 0 Å². The summed E-state index contributed by atoms with van der Waals surface area (Å²) in [5, 5.41) is 12.1. The van der Waals surface area contributed by atoms with E-state index < -0.39 is 0 Å². The van der Waals surface area contributed by atoms with Crippen LogP contribution in [0, 0.1) is 12.8 Å². The Bertz CT molecular complexity index is 1510. The fourth-order valence-corrected chi connectivity index (χ4v) is 5.52. The fraction of sp³-hybridized carbons (Fsp3) is 0.444. The molecule has 2 aliphatic heterocycles. The summed E-state index contributed by atoms with van der Waals surface area (Å²) in [6.07, 6.45) is 5.74. The number of fused-ring (bicyclic) bond motifs is 1. The van der Waals surface area contributed by atoms with E-state index in [2.05, 4.69) is 25.8 Å². The van der Waals surface area contributed by atoms with Crippen molar-refractivity contribution in [3.05, 3.63) is 51.7 Å². The highest BCUT2D eigenvalue weighted by molar-refractivity contribution is 6.33. The van der Waals surface area contributed by atoms with Crippen molar-refractivity contribution < 1.29 is 9.26 Å². The third-order valence-corrected chi connectivity index (χ3v) is 7.58. The number of aromatic nitrogens is 5. The molecule has 2 N–H and O–H groups in total. The summed E-state index contributed by atoms with van der Waals surface area (Å²) < 4.78 is 12.4. The lowest BCUT2D eigenvalue weighted by Crippen LogP contribution is -2.35. The molecule has 2 fully saturated rings. The van der Waals surface area contributed by atoms with Crippen LogP contribution in [-0.2, 0) is 11.3 Å². The van der Waals surface area contributed by atoms with E-state index in [4.69, 9.17) is 25.8 Å². The molecular weight excluding hydrogens is 506 g/mol. The number of anilines is 1. The molecule has 10 nitrogen and oxygen atoms in total. The van der Waals surface area contributed by atoms with Crippen molar-refractivity contribution in [2.45, 2.75) is 45.2 Å². The van der Waals surface area contributed by atoms with Crippen LogP contribution in [0.4, 0.5) is 5.95 Å². The van der Waals surface area contributed by atoms with Crippen molar-refractivity contribution in [3.63, 3.8) is 0 Å². The maximum absolute atomic E-state index is 14.0. The van der Waals surface area contributed by atoms with E-state index in [-0.39, 0.29) is 11.6 Å². The molecule has 2 saturated heterocycles. The summed E-state index contributed by atoms with van der Waals surface area (Å²) in [4.78, 5) is 27.7. The molecule has 11 heteroatoms. The Labute approximate surface area is 224 Å². The van der Waals surface area contributed by atoms with Crippen LogP contribution in [0.2, 0.25) is 5.02 Å². The van der Waals surface area contributed by atoms with Crippen molar-refractivity contribution in [1.29, 1.82) is 0 Å². The Hall–Kier alpha value is -3.34. The van der Waals surface area contributed by atoms with Gasteiger partial charge in [-0.15, -0.1) is 0 Å². The first-order valence-electron chi connectivity index (χ1n) is 13.1. The van der Waals surface area contributed by atoms with Crippen molar-refractivity contribution in [3.8, 4) is 22.5 Å². The summed E-state index contributed by atoms with van der Waals surface area (Å²) in [5.41, 5.74) is 2.38. The Morgan fingerprint density at radius 2 is 2.03 bits per heavy atom. The average molecular weight is 536 g/mol. The van der Waals surface area contributed by atoms with Gasteiger partial charge in [-0.25, -0.2) is 4.98 Å². The number of halogens is 1. The number of hydrogen-bond acceptors (Lipinski definition) is 9. The number of rotatable bonds is 6. The van der Waals surface area contributed by atoms with E-state index in [0.717, 1.165) is 62.9 Å². The van der Waals surface area contributed by atoms with Gasteiger partial charge in [0.1, 0.15) is 5.65 Å². The maximum atomic E-state index is 14.0. The first-order valence-corrected chi connectivity index (χ1v) is 13.5. The van der Waals surface area contributed by atoms with Crippen LogP contribution in [0.1, 0.15) is 31.6 Å². The van der Waals surface area contributed by atoms with E-state index in [0.29, 0.717) is 51.9 Å². The average Bonchev–Trinajstić information content (AvgIpc) is 3.38. The largest absolute Gasteiger partial charge is 0.381 e. The third kappa shape index (κ3) is 5.16. The lowest BCUT2D eigenvalue weighted by Gasteiger charge is -2.25. The van der Waals surface area contributed by atoms with E-state index in [1.807, 2.05) is 18.2 Å². The smallest absolute Gasteiger partial charge is 0.260 e. The molecule has 4 aromatic rings. The van der Waals surface area contributed by atoms with Crippen molar-refractivity contribution in [1.82, 2.24) is 30.0 Å². The lowest BCUT2D eigenvalue weighted by atomic mass is 9.99. The molecule has 38 heavy (non-hydrogen) atoms. The first kappa shape index (κ1) is 25.0. The van der Waals surface area contributed by atoms with Gasteiger partial charge in [-0.1, -0.05) is 28.9 Å². The number of piperidine rings is 1. The number of aryl methyl sites for hydroxylation is 1. The Balaban J connectivity index is 1.42. The van der Waals surface area contributed by atoms with Gasteiger partial charge in [0.15, 0.2) is 0 Å². The number of benzene rings is 1. The highest BCUT2D eigenvalue weighted by Crippen LogP contribution is 2.31. The Kier molecular flexibility index (Phi) is 7.10. The minimum absolute atomic E-state index is 0.121. The molecule has 0 spiro atoms. The summed E-state index contributed by atoms with van der Waals surface area (Å²) in [7, 11) is 0. The van der Waals surface area contributed by atoms with Gasteiger partial charge in [0.2, 0.25) is 17.7 Å². The summed E-state index contributed by atoms with van der Waals surface area (Å²) in [5.74, 6) is 1.79. The molecule has 0 aliphatic carbocycles. The van der Waals surface area contributed by atoms with Gasteiger partial charge in [-0.3, -0.25) is 9.36 Å². The van der Waals surface area contributed by atoms with E-state index in [9.17, 15) is 4.79 Å². The van der Waals surface area contributed by atoms with Gasteiger partial charge in [-0.05, 0) is 56.8 Å². The molecular formula is C27H30ClN7O3. The summed E-state index contributed by atoms with van der Waals surface area (Å²) >= 11 is 6.73. The van der Waals surface area contributed by atoms with Crippen LogP contribution in [-0.4, -0.2) is 57.0 Å². The van der Waals surface area contributed by atoms with Crippen LogP contribution in [0.3, 0.4) is 0 Å². The second-order valence-corrected chi connectivity index (χ2v) is 10.4. The topological polar surface area (TPSA) is 120 Å². The van der Waals surface area contributed by atoms with Crippen LogP contribution < -0.4 is 16.2 Å². The summed E-state index contributed by atoms with van der Waals surface area (Å²) in [6, 6.07) is 7.54. The molecule has 0 bridgehead atoms. The quantitative estimate of drug-likeness (QED) is 0.376. The zero-order chi connectivity index (χ0) is 26.1. The predicted octanol–water partition coefficient (Wildman–Crippen LogP) is 4.06. The van der Waals surface area contributed by atoms with Crippen LogP contribution in [0.25, 0.3) is 33.5 Å². The zero-order valence-electron chi connectivity index (χ0n) is 21.2.